The van der Waals surface area contributed by atoms with E-state index >= 15 is 0 Å². The Morgan fingerprint density at radius 1 is 1.35 bits per heavy atom. The minimum atomic E-state index is -0.205. The highest BCUT2D eigenvalue weighted by Crippen LogP contribution is 2.18. The van der Waals surface area contributed by atoms with Crippen molar-refractivity contribution >= 4 is 5.91 Å². The topological polar surface area (TPSA) is 75.4 Å². The van der Waals surface area contributed by atoms with Crippen LogP contribution in [-0.2, 0) is 0 Å². The number of amides is 1. The standard InChI is InChI=1S/C12H12N2O3/c15-6-5-14-12(16)10-3-1-9(2-4-10)11-7-13-8-17-11/h1-4,7-8,15H,5-6H2,(H,14,16). The second-order valence-electron chi connectivity index (χ2n) is 3.42. The summed E-state index contributed by atoms with van der Waals surface area (Å²) >= 11 is 0. The summed E-state index contributed by atoms with van der Waals surface area (Å²) < 4.78 is 5.14. The largest absolute Gasteiger partial charge is 0.444 e. The zero-order valence-corrected chi connectivity index (χ0v) is 9.09. The van der Waals surface area contributed by atoms with E-state index in [4.69, 9.17) is 9.52 Å². The van der Waals surface area contributed by atoms with Crippen molar-refractivity contribution in [1.82, 2.24) is 10.3 Å². The Morgan fingerprint density at radius 2 is 2.12 bits per heavy atom. The number of nitrogens with one attached hydrogen (secondary N) is 1. The molecule has 17 heavy (non-hydrogen) atoms. The first kappa shape index (κ1) is 11.3. The minimum Gasteiger partial charge on any atom is -0.444 e. The summed E-state index contributed by atoms with van der Waals surface area (Å²) in [5, 5.41) is 11.2. The molecule has 0 aliphatic carbocycles. The van der Waals surface area contributed by atoms with Crippen LogP contribution in [0.5, 0.6) is 0 Å². The van der Waals surface area contributed by atoms with Crippen molar-refractivity contribution in [3.8, 4) is 11.3 Å². The summed E-state index contributed by atoms with van der Waals surface area (Å²) in [7, 11) is 0. The van der Waals surface area contributed by atoms with Gasteiger partial charge in [0.25, 0.3) is 5.91 Å². The van der Waals surface area contributed by atoms with Crippen LogP contribution in [0.1, 0.15) is 10.4 Å². The highest BCUT2D eigenvalue weighted by atomic mass is 16.3. The lowest BCUT2D eigenvalue weighted by Gasteiger charge is -2.03. The van der Waals surface area contributed by atoms with E-state index < -0.39 is 0 Å². The Morgan fingerprint density at radius 3 is 2.71 bits per heavy atom. The number of aromatic nitrogens is 1. The fourth-order valence-corrected chi connectivity index (χ4v) is 1.42. The molecule has 0 saturated carbocycles. The molecule has 0 bridgehead atoms. The van der Waals surface area contributed by atoms with E-state index in [9.17, 15) is 4.79 Å². The molecule has 1 aromatic heterocycles. The highest BCUT2D eigenvalue weighted by molar-refractivity contribution is 5.94. The van der Waals surface area contributed by atoms with Gasteiger partial charge in [0.2, 0.25) is 0 Å². The molecule has 5 heteroatoms. The first-order valence-electron chi connectivity index (χ1n) is 5.19. The molecule has 1 aromatic carbocycles. The van der Waals surface area contributed by atoms with Crippen LogP contribution in [-0.4, -0.2) is 29.1 Å². The number of rotatable bonds is 4. The van der Waals surface area contributed by atoms with Crippen molar-refractivity contribution in [2.45, 2.75) is 0 Å². The number of hydrogen-bond donors (Lipinski definition) is 2. The Kier molecular flexibility index (Phi) is 3.52. The molecule has 0 fully saturated rings. The van der Waals surface area contributed by atoms with Crippen molar-refractivity contribution in [1.29, 1.82) is 0 Å². The lowest BCUT2D eigenvalue weighted by atomic mass is 10.1. The molecule has 2 N–H and O–H groups in total. The molecule has 1 heterocycles. The van der Waals surface area contributed by atoms with E-state index in [0.717, 1.165) is 5.56 Å². The Bertz CT molecular complexity index is 477. The molecular weight excluding hydrogens is 220 g/mol. The molecule has 0 saturated heterocycles. The fraction of sp³-hybridized carbons (Fsp3) is 0.167. The molecule has 88 valence electrons. The summed E-state index contributed by atoms with van der Waals surface area (Å²) in [4.78, 5) is 15.4. The maximum Gasteiger partial charge on any atom is 0.251 e. The van der Waals surface area contributed by atoms with E-state index in [0.29, 0.717) is 11.3 Å². The van der Waals surface area contributed by atoms with Crippen molar-refractivity contribution < 1.29 is 14.3 Å². The lowest BCUT2D eigenvalue weighted by molar-refractivity contribution is 0.0945. The highest BCUT2D eigenvalue weighted by Gasteiger charge is 2.06. The molecular formula is C12H12N2O3. The van der Waals surface area contributed by atoms with Gasteiger partial charge in [0, 0.05) is 17.7 Å². The minimum absolute atomic E-state index is 0.0676. The van der Waals surface area contributed by atoms with Gasteiger partial charge in [-0.05, 0) is 12.1 Å². The van der Waals surface area contributed by atoms with Crippen LogP contribution < -0.4 is 5.32 Å². The first-order chi connectivity index (χ1) is 8.31. The number of carbonyl (C=O) groups excluding carboxylic acids is 1. The molecule has 1 amide bonds. The van der Waals surface area contributed by atoms with E-state index in [-0.39, 0.29) is 19.1 Å². The Balaban J connectivity index is 2.10. The number of carbonyl (C=O) groups is 1. The predicted octanol–water partition coefficient (Wildman–Crippen LogP) is 1.06. The van der Waals surface area contributed by atoms with Crippen molar-refractivity contribution in [3.05, 3.63) is 42.4 Å². The molecule has 0 unspecified atom stereocenters. The average molecular weight is 232 g/mol. The van der Waals surface area contributed by atoms with Gasteiger partial charge in [-0.1, -0.05) is 12.1 Å². The second kappa shape index (κ2) is 5.27. The van der Waals surface area contributed by atoms with Crippen LogP contribution in [0.25, 0.3) is 11.3 Å². The molecule has 0 aliphatic rings. The molecule has 0 aliphatic heterocycles. The van der Waals surface area contributed by atoms with Gasteiger partial charge < -0.3 is 14.8 Å². The van der Waals surface area contributed by atoms with Gasteiger partial charge >= 0.3 is 0 Å². The summed E-state index contributed by atoms with van der Waals surface area (Å²) in [5.41, 5.74) is 1.41. The number of hydrogen-bond acceptors (Lipinski definition) is 4. The summed E-state index contributed by atoms with van der Waals surface area (Å²) in [6.07, 6.45) is 2.97. The molecule has 5 nitrogen and oxygen atoms in total. The van der Waals surface area contributed by atoms with Crippen LogP contribution in [0, 0.1) is 0 Å². The normalized spacial score (nSPS) is 10.2. The zero-order chi connectivity index (χ0) is 12.1. The third-order valence-electron chi connectivity index (χ3n) is 2.26. The van der Waals surface area contributed by atoms with E-state index in [1.54, 1.807) is 30.5 Å². The van der Waals surface area contributed by atoms with Crippen molar-refractivity contribution in [2.75, 3.05) is 13.2 Å². The fourth-order valence-electron chi connectivity index (χ4n) is 1.42. The third-order valence-corrected chi connectivity index (χ3v) is 2.26. The number of aliphatic hydroxyl groups is 1. The van der Waals surface area contributed by atoms with E-state index in [1.807, 2.05) is 0 Å². The van der Waals surface area contributed by atoms with Gasteiger partial charge in [-0.2, -0.15) is 0 Å². The molecule has 0 spiro atoms. The Hall–Kier alpha value is -2.14. The SMILES string of the molecule is O=C(NCCO)c1ccc(-c2cnco2)cc1. The summed E-state index contributed by atoms with van der Waals surface area (Å²) in [5.74, 6) is 0.454. The lowest BCUT2D eigenvalue weighted by Crippen LogP contribution is -2.26. The zero-order valence-electron chi connectivity index (χ0n) is 9.09. The smallest absolute Gasteiger partial charge is 0.251 e. The summed E-state index contributed by atoms with van der Waals surface area (Å²) in [6, 6.07) is 6.97. The number of nitrogens with zero attached hydrogens (tertiary/aromatic N) is 1. The van der Waals surface area contributed by atoms with Crippen LogP contribution in [0.4, 0.5) is 0 Å². The van der Waals surface area contributed by atoms with Gasteiger partial charge in [-0.25, -0.2) is 4.98 Å². The van der Waals surface area contributed by atoms with E-state index in [2.05, 4.69) is 10.3 Å². The van der Waals surface area contributed by atoms with Gasteiger partial charge in [-0.3, -0.25) is 4.79 Å². The van der Waals surface area contributed by atoms with Gasteiger partial charge in [-0.15, -0.1) is 0 Å². The van der Waals surface area contributed by atoms with Gasteiger partial charge in [0.15, 0.2) is 12.2 Å². The van der Waals surface area contributed by atoms with Crippen LogP contribution >= 0.6 is 0 Å². The Labute approximate surface area is 98.1 Å². The van der Waals surface area contributed by atoms with E-state index in [1.165, 1.54) is 6.39 Å². The number of oxazole rings is 1. The van der Waals surface area contributed by atoms with Crippen LogP contribution in [0.15, 0.2) is 41.3 Å². The first-order valence-corrected chi connectivity index (χ1v) is 5.19. The maximum atomic E-state index is 11.5. The molecule has 2 aromatic rings. The second-order valence-corrected chi connectivity index (χ2v) is 3.42. The molecule has 0 atom stereocenters. The average Bonchev–Trinajstić information content (AvgIpc) is 2.90. The van der Waals surface area contributed by atoms with Crippen LogP contribution in [0.2, 0.25) is 0 Å². The molecule has 2 rings (SSSR count). The van der Waals surface area contributed by atoms with Gasteiger partial charge in [0.05, 0.1) is 12.8 Å². The van der Waals surface area contributed by atoms with Crippen molar-refractivity contribution in [2.24, 2.45) is 0 Å². The predicted molar refractivity (Wildman–Crippen MR) is 61.4 cm³/mol. The molecule has 0 radical (unpaired) electrons. The monoisotopic (exact) mass is 232 g/mol. The van der Waals surface area contributed by atoms with Gasteiger partial charge in [0.1, 0.15) is 0 Å². The number of benzene rings is 1. The van der Waals surface area contributed by atoms with Crippen molar-refractivity contribution in [3.63, 3.8) is 0 Å². The third kappa shape index (κ3) is 2.70. The number of aliphatic hydroxyl groups excluding tert-OH is 1. The van der Waals surface area contributed by atoms with Crippen LogP contribution in [0.3, 0.4) is 0 Å². The summed E-state index contributed by atoms with van der Waals surface area (Å²) in [6.45, 7) is 0.185. The quantitative estimate of drug-likeness (QED) is 0.826. The maximum absolute atomic E-state index is 11.5.